The molecule has 3 nitrogen and oxygen atoms in total. The zero-order chi connectivity index (χ0) is 13.5. The second-order valence-corrected chi connectivity index (χ2v) is 5.96. The van der Waals surface area contributed by atoms with Gasteiger partial charge in [-0.25, -0.2) is 0 Å². The minimum atomic E-state index is 0.826. The van der Waals surface area contributed by atoms with Gasteiger partial charge in [-0.15, -0.1) is 0 Å². The molecule has 0 spiro atoms. The third-order valence-corrected chi connectivity index (χ3v) is 4.95. The van der Waals surface area contributed by atoms with E-state index < -0.39 is 0 Å². The van der Waals surface area contributed by atoms with Gasteiger partial charge in [0.05, 0.1) is 12.5 Å². The first-order valence-electron chi connectivity index (χ1n) is 7.68. The van der Waals surface area contributed by atoms with Crippen LogP contribution < -0.4 is 4.74 Å². The van der Waals surface area contributed by atoms with Gasteiger partial charge >= 0.3 is 0 Å². The average Bonchev–Trinajstić information content (AvgIpc) is 2.66. The molecule has 0 saturated heterocycles. The van der Waals surface area contributed by atoms with Crippen molar-refractivity contribution in [1.82, 2.24) is 4.90 Å². The highest BCUT2D eigenvalue weighted by Crippen LogP contribution is 2.36. The molecule has 1 aliphatic heterocycles. The smallest absolute Gasteiger partial charge is 0.138 e. The largest absolute Gasteiger partial charge is 0.496 e. The van der Waals surface area contributed by atoms with E-state index in [2.05, 4.69) is 11.0 Å². The molecule has 0 radical (unpaired) electrons. The van der Waals surface area contributed by atoms with Crippen LogP contribution >= 0.6 is 0 Å². The van der Waals surface area contributed by atoms with Crippen molar-refractivity contribution in [2.24, 2.45) is 0 Å². The summed E-state index contributed by atoms with van der Waals surface area (Å²) < 4.78 is 11.6. The van der Waals surface area contributed by atoms with Crippen molar-refractivity contribution < 1.29 is 9.15 Å². The topological polar surface area (TPSA) is 25.6 Å². The normalized spacial score (nSPS) is 20.4. The zero-order valence-corrected chi connectivity index (χ0v) is 12.0. The Labute approximate surface area is 119 Å². The third kappa shape index (κ3) is 1.84. The summed E-state index contributed by atoms with van der Waals surface area (Å²) in [7, 11) is 1.74. The fourth-order valence-corrected chi connectivity index (χ4v) is 3.59. The van der Waals surface area contributed by atoms with E-state index in [1.807, 2.05) is 12.1 Å². The Hall–Kier alpha value is -1.48. The molecular weight excluding hydrogens is 250 g/mol. The van der Waals surface area contributed by atoms with Crippen molar-refractivity contribution in [3.05, 3.63) is 29.5 Å². The lowest BCUT2D eigenvalue weighted by molar-refractivity contribution is 0.132. The van der Waals surface area contributed by atoms with E-state index in [9.17, 15) is 0 Å². The van der Waals surface area contributed by atoms with Crippen LogP contribution in [-0.2, 0) is 12.8 Å². The van der Waals surface area contributed by atoms with Crippen LogP contribution in [0.5, 0.6) is 5.75 Å². The maximum Gasteiger partial charge on any atom is 0.138 e. The predicted octanol–water partition coefficient (Wildman–Crippen LogP) is 3.39. The number of hydrogen-bond donors (Lipinski definition) is 0. The van der Waals surface area contributed by atoms with Gasteiger partial charge in [-0.2, -0.15) is 0 Å². The maximum absolute atomic E-state index is 6.09. The Morgan fingerprint density at radius 3 is 2.80 bits per heavy atom. The van der Waals surface area contributed by atoms with Gasteiger partial charge in [0.1, 0.15) is 17.1 Å². The molecular formula is C17H21NO2. The second kappa shape index (κ2) is 4.81. The summed E-state index contributed by atoms with van der Waals surface area (Å²) in [6.07, 6.45) is 6.28. The maximum atomic E-state index is 6.09. The van der Waals surface area contributed by atoms with Gasteiger partial charge in [0, 0.05) is 31.1 Å². The summed E-state index contributed by atoms with van der Waals surface area (Å²) >= 11 is 0. The predicted molar refractivity (Wildman–Crippen MR) is 79.4 cm³/mol. The molecule has 1 saturated carbocycles. The van der Waals surface area contributed by atoms with Crippen molar-refractivity contribution in [3.8, 4) is 5.75 Å². The van der Waals surface area contributed by atoms with E-state index in [-0.39, 0.29) is 0 Å². The van der Waals surface area contributed by atoms with Gasteiger partial charge in [0.25, 0.3) is 0 Å². The molecule has 0 N–H and O–H groups in total. The first-order chi connectivity index (χ1) is 9.86. The molecule has 2 heterocycles. The highest BCUT2D eigenvalue weighted by molar-refractivity contribution is 5.88. The Morgan fingerprint density at radius 1 is 1.20 bits per heavy atom. The molecule has 0 bridgehead atoms. The number of rotatable bonds is 2. The minimum absolute atomic E-state index is 0.826. The summed E-state index contributed by atoms with van der Waals surface area (Å²) in [6, 6.07) is 6.92. The van der Waals surface area contributed by atoms with Crippen LogP contribution in [-0.4, -0.2) is 31.1 Å². The number of fused-ring (bicyclic) bond motifs is 3. The average molecular weight is 271 g/mol. The minimum Gasteiger partial charge on any atom is -0.496 e. The van der Waals surface area contributed by atoms with Gasteiger partial charge in [-0.05, 0) is 31.4 Å². The third-order valence-electron chi connectivity index (χ3n) is 4.95. The Balaban J connectivity index is 1.70. The van der Waals surface area contributed by atoms with Crippen LogP contribution in [0.4, 0.5) is 0 Å². The SMILES string of the molecule is COc1cccc2oc3c(c12)CCN(C1CCC1)CC3. The molecule has 20 heavy (non-hydrogen) atoms. The van der Waals surface area contributed by atoms with Crippen LogP contribution in [0.1, 0.15) is 30.6 Å². The van der Waals surface area contributed by atoms with E-state index in [1.54, 1.807) is 7.11 Å². The van der Waals surface area contributed by atoms with Gasteiger partial charge in [-0.3, -0.25) is 4.90 Å². The van der Waals surface area contributed by atoms with Crippen molar-refractivity contribution in [1.29, 1.82) is 0 Å². The lowest BCUT2D eigenvalue weighted by atomic mass is 9.91. The lowest BCUT2D eigenvalue weighted by Crippen LogP contribution is -2.41. The standard InChI is InChI=1S/C17H21NO2/c1-19-15-6-3-7-16-17(15)13-8-10-18(12-4-2-5-12)11-9-14(13)20-16/h3,6-7,12H,2,4-5,8-11H2,1H3. The van der Waals surface area contributed by atoms with E-state index in [1.165, 1.54) is 36.0 Å². The van der Waals surface area contributed by atoms with Gasteiger partial charge in [-0.1, -0.05) is 12.5 Å². The summed E-state index contributed by atoms with van der Waals surface area (Å²) in [5.41, 5.74) is 2.35. The van der Waals surface area contributed by atoms with Crippen molar-refractivity contribution in [2.45, 2.75) is 38.1 Å². The fourth-order valence-electron chi connectivity index (χ4n) is 3.59. The summed E-state index contributed by atoms with van der Waals surface area (Å²) in [6.45, 7) is 2.30. The number of benzene rings is 1. The number of hydrogen-bond acceptors (Lipinski definition) is 3. The number of nitrogens with zero attached hydrogens (tertiary/aromatic N) is 1. The molecule has 1 fully saturated rings. The van der Waals surface area contributed by atoms with Crippen LogP contribution in [0, 0.1) is 0 Å². The molecule has 106 valence electrons. The van der Waals surface area contributed by atoms with Crippen molar-refractivity contribution >= 4 is 11.0 Å². The van der Waals surface area contributed by atoms with Crippen LogP contribution in [0.25, 0.3) is 11.0 Å². The lowest BCUT2D eigenvalue weighted by Gasteiger charge is -2.36. The van der Waals surface area contributed by atoms with E-state index in [0.717, 1.165) is 43.3 Å². The highest BCUT2D eigenvalue weighted by Gasteiger charge is 2.28. The molecule has 1 aliphatic carbocycles. The van der Waals surface area contributed by atoms with E-state index in [4.69, 9.17) is 9.15 Å². The first kappa shape index (κ1) is 12.3. The summed E-state index contributed by atoms with van der Waals surface area (Å²) in [4.78, 5) is 2.65. The Morgan fingerprint density at radius 2 is 2.05 bits per heavy atom. The Bertz CT molecular complexity index is 627. The van der Waals surface area contributed by atoms with E-state index >= 15 is 0 Å². The molecule has 2 aliphatic rings. The monoisotopic (exact) mass is 271 g/mol. The summed E-state index contributed by atoms with van der Waals surface area (Å²) in [5, 5.41) is 1.19. The van der Waals surface area contributed by atoms with Crippen molar-refractivity contribution in [2.75, 3.05) is 20.2 Å². The molecule has 0 amide bonds. The molecule has 0 atom stereocenters. The molecule has 0 unspecified atom stereocenters. The number of furan rings is 1. The number of methoxy groups -OCH3 is 1. The summed E-state index contributed by atoms with van der Waals surface area (Å²) in [5.74, 6) is 2.12. The second-order valence-electron chi connectivity index (χ2n) is 5.96. The van der Waals surface area contributed by atoms with Crippen molar-refractivity contribution in [3.63, 3.8) is 0 Å². The zero-order valence-electron chi connectivity index (χ0n) is 12.0. The molecule has 1 aromatic heterocycles. The molecule has 2 aromatic rings. The van der Waals surface area contributed by atoms with Gasteiger partial charge in [0.15, 0.2) is 0 Å². The van der Waals surface area contributed by atoms with Gasteiger partial charge < -0.3 is 9.15 Å². The first-order valence-corrected chi connectivity index (χ1v) is 7.68. The molecule has 1 aromatic carbocycles. The molecule has 3 heteroatoms. The highest BCUT2D eigenvalue weighted by atomic mass is 16.5. The fraction of sp³-hybridized carbons (Fsp3) is 0.529. The quantitative estimate of drug-likeness (QED) is 0.837. The van der Waals surface area contributed by atoms with Crippen LogP contribution in [0.15, 0.2) is 22.6 Å². The molecule has 4 rings (SSSR count). The van der Waals surface area contributed by atoms with E-state index in [0.29, 0.717) is 0 Å². The Kier molecular flexibility index (Phi) is 2.95. The van der Waals surface area contributed by atoms with Gasteiger partial charge in [0.2, 0.25) is 0 Å². The van der Waals surface area contributed by atoms with Crippen LogP contribution in [0.2, 0.25) is 0 Å². The number of ether oxygens (including phenoxy) is 1. The van der Waals surface area contributed by atoms with Crippen LogP contribution in [0.3, 0.4) is 0 Å².